The average molecular weight is 443 g/mol. The van der Waals surface area contributed by atoms with Gasteiger partial charge in [-0.25, -0.2) is 4.79 Å². The molecule has 0 aliphatic carbocycles. The summed E-state index contributed by atoms with van der Waals surface area (Å²) in [4.78, 5) is 12.7. The summed E-state index contributed by atoms with van der Waals surface area (Å²) >= 11 is 0. The van der Waals surface area contributed by atoms with Crippen molar-refractivity contribution in [1.29, 1.82) is 0 Å². The lowest BCUT2D eigenvalue weighted by atomic mass is 10.0. The highest BCUT2D eigenvalue weighted by Crippen LogP contribution is 2.33. The summed E-state index contributed by atoms with van der Waals surface area (Å²) in [6.07, 6.45) is -4.41. The second kappa shape index (κ2) is 7.65. The number of alkyl halides is 3. The fourth-order valence-corrected chi connectivity index (χ4v) is 4.01. The standard InChI is InChI=1S/C23H24F3N5O/c1-12(2)31-20-11-18-17(10-19(20)30(5)22(31)32)14(4)28-29-21(18)27-13(3)15-7-6-8-16(9-15)23(24,25)26/h6-13H,1-5H3,(H,27,29)/t13-/m1/s1. The molecule has 0 amide bonds. The number of benzene rings is 2. The van der Waals surface area contributed by atoms with Gasteiger partial charge in [0.25, 0.3) is 0 Å². The second-order valence-corrected chi connectivity index (χ2v) is 8.32. The highest BCUT2D eigenvalue weighted by Gasteiger charge is 2.30. The van der Waals surface area contributed by atoms with Crippen LogP contribution in [0, 0.1) is 6.92 Å². The maximum absolute atomic E-state index is 13.1. The van der Waals surface area contributed by atoms with E-state index in [1.807, 2.05) is 32.9 Å². The number of hydrogen-bond acceptors (Lipinski definition) is 4. The Labute approximate surface area is 182 Å². The topological polar surface area (TPSA) is 64.7 Å². The van der Waals surface area contributed by atoms with E-state index in [0.717, 1.165) is 33.9 Å². The molecule has 0 fully saturated rings. The number of aromatic nitrogens is 4. The van der Waals surface area contributed by atoms with E-state index in [4.69, 9.17) is 0 Å². The van der Waals surface area contributed by atoms with Crippen LogP contribution in [0.2, 0.25) is 0 Å². The Balaban J connectivity index is 1.85. The van der Waals surface area contributed by atoms with Gasteiger partial charge in [-0.15, -0.1) is 5.10 Å². The molecule has 0 unspecified atom stereocenters. The number of aryl methyl sites for hydroxylation is 2. The number of fused-ring (bicyclic) bond motifs is 2. The molecule has 0 spiro atoms. The minimum absolute atomic E-state index is 0.0417. The number of nitrogens with zero attached hydrogens (tertiary/aromatic N) is 4. The maximum Gasteiger partial charge on any atom is 0.416 e. The summed E-state index contributed by atoms with van der Waals surface area (Å²) in [5.74, 6) is 0.448. The van der Waals surface area contributed by atoms with Gasteiger partial charge >= 0.3 is 11.9 Å². The molecule has 1 atom stereocenters. The molecule has 4 aromatic rings. The van der Waals surface area contributed by atoms with Crippen LogP contribution >= 0.6 is 0 Å². The van der Waals surface area contributed by atoms with Gasteiger partial charge in [-0.1, -0.05) is 12.1 Å². The molecule has 0 aliphatic rings. The van der Waals surface area contributed by atoms with Gasteiger partial charge in [0.1, 0.15) is 0 Å². The van der Waals surface area contributed by atoms with Gasteiger partial charge in [-0.05, 0) is 57.5 Å². The monoisotopic (exact) mass is 443 g/mol. The number of imidazole rings is 1. The van der Waals surface area contributed by atoms with Gasteiger partial charge in [0.15, 0.2) is 5.82 Å². The zero-order valence-corrected chi connectivity index (χ0v) is 18.4. The van der Waals surface area contributed by atoms with Gasteiger partial charge in [-0.2, -0.15) is 18.3 Å². The molecule has 0 aliphatic heterocycles. The van der Waals surface area contributed by atoms with E-state index in [9.17, 15) is 18.0 Å². The zero-order chi connectivity index (χ0) is 23.4. The fourth-order valence-electron chi connectivity index (χ4n) is 4.01. The van der Waals surface area contributed by atoms with Crippen molar-refractivity contribution in [2.75, 3.05) is 5.32 Å². The van der Waals surface area contributed by atoms with Crippen LogP contribution in [-0.2, 0) is 13.2 Å². The van der Waals surface area contributed by atoms with E-state index in [1.165, 1.54) is 6.07 Å². The van der Waals surface area contributed by atoms with Gasteiger partial charge < -0.3 is 5.32 Å². The minimum atomic E-state index is -4.41. The highest BCUT2D eigenvalue weighted by molar-refractivity contribution is 6.01. The predicted molar refractivity (Wildman–Crippen MR) is 119 cm³/mol. The van der Waals surface area contributed by atoms with Gasteiger partial charge in [0.05, 0.1) is 28.3 Å². The van der Waals surface area contributed by atoms with Gasteiger partial charge in [0.2, 0.25) is 0 Å². The summed E-state index contributed by atoms with van der Waals surface area (Å²) in [6.45, 7) is 7.48. The molecule has 0 bridgehead atoms. The Morgan fingerprint density at radius 1 is 1.00 bits per heavy atom. The third kappa shape index (κ3) is 3.61. The molecule has 6 nitrogen and oxygen atoms in total. The molecule has 1 N–H and O–H groups in total. The molecule has 2 aromatic carbocycles. The Morgan fingerprint density at radius 2 is 1.69 bits per heavy atom. The first-order chi connectivity index (χ1) is 15.0. The molecule has 168 valence electrons. The van der Waals surface area contributed by atoms with Gasteiger partial charge in [0, 0.05) is 23.9 Å². The Kier molecular flexibility index (Phi) is 5.22. The third-order valence-electron chi connectivity index (χ3n) is 5.76. The van der Waals surface area contributed by atoms with Crippen molar-refractivity contribution < 1.29 is 13.2 Å². The number of nitrogens with one attached hydrogen (secondary N) is 1. The Bertz CT molecular complexity index is 1380. The molecule has 0 radical (unpaired) electrons. The van der Waals surface area contributed by atoms with Crippen LogP contribution in [0.1, 0.15) is 49.7 Å². The zero-order valence-electron chi connectivity index (χ0n) is 18.4. The van der Waals surface area contributed by atoms with Crippen molar-refractivity contribution >= 4 is 27.6 Å². The largest absolute Gasteiger partial charge is 0.416 e. The van der Waals surface area contributed by atoms with Crippen LogP contribution in [0.5, 0.6) is 0 Å². The van der Waals surface area contributed by atoms with E-state index in [1.54, 1.807) is 29.2 Å². The van der Waals surface area contributed by atoms with Crippen molar-refractivity contribution in [3.05, 3.63) is 63.7 Å². The van der Waals surface area contributed by atoms with Crippen LogP contribution in [0.15, 0.2) is 41.2 Å². The molecular formula is C23H24F3N5O. The molecular weight excluding hydrogens is 419 g/mol. The predicted octanol–water partition coefficient (Wildman–Crippen LogP) is 5.36. The SMILES string of the molecule is Cc1nnc(N[C@H](C)c2cccc(C(F)(F)F)c2)c2cc3c(cc12)n(C)c(=O)n3C(C)C. The van der Waals surface area contributed by atoms with Crippen LogP contribution in [0.3, 0.4) is 0 Å². The van der Waals surface area contributed by atoms with E-state index in [2.05, 4.69) is 15.5 Å². The van der Waals surface area contributed by atoms with Crippen LogP contribution in [0.25, 0.3) is 21.8 Å². The second-order valence-electron chi connectivity index (χ2n) is 8.32. The molecule has 2 heterocycles. The normalized spacial score (nSPS) is 13.3. The van der Waals surface area contributed by atoms with E-state index < -0.39 is 17.8 Å². The average Bonchev–Trinajstić information content (AvgIpc) is 2.98. The summed E-state index contributed by atoms with van der Waals surface area (Å²) in [5, 5.41) is 13.3. The number of anilines is 1. The van der Waals surface area contributed by atoms with Crippen molar-refractivity contribution in [3.63, 3.8) is 0 Å². The molecule has 0 saturated heterocycles. The lowest BCUT2D eigenvalue weighted by molar-refractivity contribution is -0.137. The van der Waals surface area contributed by atoms with Gasteiger partial charge in [-0.3, -0.25) is 9.13 Å². The van der Waals surface area contributed by atoms with Crippen LogP contribution in [-0.4, -0.2) is 19.3 Å². The van der Waals surface area contributed by atoms with Crippen molar-refractivity contribution in [3.8, 4) is 0 Å². The molecule has 2 aromatic heterocycles. The van der Waals surface area contributed by atoms with E-state index in [0.29, 0.717) is 17.1 Å². The summed E-state index contributed by atoms with van der Waals surface area (Å²) in [5.41, 5.74) is 1.91. The summed E-state index contributed by atoms with van der Waals surface area (Å²) in [7, 11) is 1.73. The lowest BCUT2D eigenvalue weighted by Crippen LogP contribution is -2.23. The number of halogens is 3. The summed E-state index contributed by atoms with van der Waals surface area (Å²) in [6, 6.07) is 8.54. The number of rotatable bonds is 4. The van der Waals surface area contributed by atoms with E-state index in [-0.39, 0.29) is 11.7 Å². The Hall–Kier alpha value is -3.36. The van der Waals surface area contributed by atoms with Crippen LogP contribution < -0.4 is 11.0 Å². The quantitative estimate of drug-likeness (QED) is 0.461. The van der Waals surface area contributed by atoms with Crippen molar-refractivity contribution in [2.24, 2.45) is 7.05 Å². The van der Waals surface area contributed by atoms with Crippen LogP contribution in [0.4, 0.5) is 19.0 Å². The van der Waals surface area contributed by atoms with Crippen molar-refractivity contribution in [1.82, 2.24) is 19.3 Å². The highest BCUT2D eigenvalue weighted by atomic mass is 19.4. The molecule has 0 saturated carbocycles. The van der Waals surface area contributed by atoms with E-state index >= 15 is 0 Å². The molecule has 32 heavy (non-hydrogen) atoms. The first kappa shape index (κ1) is 21.9. The Morgan fingerprint density at radius 3 is 2.34 bits per heavy atom. The lowest BCUT2D eigenvalue weighted by Gasteiger charge is -2.18. The molecule has 4 rings (SSSR count). The third-order valence-corrected chi connectivity index (χ3v) is 5.76. The fraction of sp³-hybridized carbons (Fsp3) is 0.348. The maximum atomic E-state index is 13.1. The smallest absolute Gasteiger partial charge is 0.362 e. The van der Waals surface area contributed by atoms with Crippen molar-refractivity contribution in [2.45, 2.75) is 46.0 Å². The summed E-state index contributed by atoms with van der Waals surface area (Å²) < 4.78 is 42.7. The first-order valence-corrected chi connectivity index (χ1v) is 10.3. The first-order valence-electron chi connectivity index (χ1n) is 10.3. The number of hydrogen-bond donors (Lipinski definition) is 1. The minimum Gasteiger partial charge on any atom is -0.362 e. The molecule has 9 heteroatoms.